The van der Waals surface area contributed by atoms with Crippen molar-refractivity contribution < 1.29 is 14.3 Å². The van der Waals surface area contributed by atoms with Gasteiger partial charge in [0.1, 0.15) is 5.60 Å². The molecule has 0 spiro atoms. The van der Waals surface area contributed by atoms with Gasteiger partial charge in [0.25, 0.3) is 0 Å². The number of hydrogen-bond acceptors (Lipinski definition) is 3. The van der Waals surface area contributed by atoms with Crippen LogP contribution in [0.2, 0.25) is 0 Å². The van der Waals surface area contributed by atoms with Crippen molar-refractivity contribution in [1.82, 2.24) is 10.6 Å². The standard InChI is InChI=1S/C15H26N2O3/c1-15(2,3)20-14(19)17-11-13(18)16-10-9-12-7-5-4-6-8-12/h7H,4-6,8-11H2,1-3H3,(H,16,18)(H,17,19). The van der Waals surface area contributed by atoms with Crippen molar-refractivity contribution in [3.63, 3.8) is 0 Å². The van der Waals surface area contributed by atoms with E-state index in [1.54, 1.807) is 20.8 Å². The highest BCUT2D eigenvalue weighted by Crippen LogP contribution is 2.19. The van der Waals surface area contributed by atoms with Crippen molar-refractivity contribution in [2.45, 2.75) is 58.5 Å². The zero-order chi connectivity index (χ0) is 15.0. The second-order valence-electron chi connectivity index (χ2n) is 6.06. The fourth-order valence-electron chi connectivity index (χ4n) is 2.02. The number of amides is 2. The maximum Gasteiger partial charge on any atom is 0.408 e. The van der Waals surface area contributed by atoms with E-state index < -0.39 is 11.7 Å². The summed E-state index contributed by atoms with van der Waals surface area (Å²) < 4.78 is 5.05. The first-order valence-corrected chi connectivity index (χ1v) is 7.28. The van der Waals surface area contributed by atoms with Gasteiger partial charge in [0.2, 0.25) is 5.91 Å². The first kappa shape index (κ1) is 16.5. The number of rotatable bonds is 5. The predicted octanol–water partition coefficient (Wildman–Crippen LogP) is 2.52. The summed E-state index contributed by atoms with van der Waals surface area (Å²) in [6, 6.07) is 0. The fraction of sp³-hybridized carbons (Fsp3) is 0.733. The van der Waals surface area contributed by atoms with Crippen molar-refractivity contribution in [3.8, 4) is 0 Å². The smallest absolute Gasteiger partial charge is 0.408 e. The Hall–Kier alpha value is -1.52. The molecule has 0 saturated heterocycles. The minimum Gasteiger partial charge on any atom is -0.444 e. The molecule has 0 aliphatic heterocycles. The van der Waals surface area contributed by atoms with E-state index in [2.05, 4.69) is 16.7 Å². The molecule has 0 fully saturated rings. The minimum absolute atomic E-state index is 0.0477. The lowest BCUT2D eigenvalue weighted by atomic mass is 9.97. The Morgan fingerprint density at radius 2 is 2.00 bits per heavy atom. The lowest BCUT2D eigenvalue weighted by molar-refractivity contribution is -0.120. The Morgan fingerprint density at radius 1 is 1.25 bits per heavy atom. The highest BCUT2D eigenvalue weighted by atomic mass is 16.6. The molecule has 5 heteroatoms. The Labute approximate surface area is 121 Å². The van der Waals surface area contributed by atoms with Crippen molar-refractivity contribution >= 4 is 12.0 Å². The van der Waals surface area contributed by atoms with Crippen LogP contribution in [0.25, 0.3) is 0 Å². The van der Waals surface area contributed by atoms with Crippen LogP contribution >= 0.6 is 0 Å². The second kappa shape index (κ2) is 7.92. The summed E-state index contributed by atoms with van der Waals surface area (Å²) in [5.41, 5.74) is 0.880. The molecule has 5 nitrogen and oxygen atoms in total. The largest absolute Gasteiger partial charge is 0.444 e. The normalized spacial score (nSPS) is 15.2. The zero-order valence-electron chi connectivity index (χ0n) is 12.8. The molecular weight excluding hydrogens is 256 g/mol. The molecule has 0 radical (unpaired) electrons. The van der Waals surface area contributed by atoms with E-state index in [9.17, 15) is 9.59 Å². The Kier molecular flexibility index (Phi) is 6.55. The van der Waals surface area contributed by atoms with Gasteiger partial charge in [-0.2, -0.15) is 0 Å². The first-order chi connectivity index (χ1) is 9.37. The van der Waals surface area contributed by atoms with Gasteiger partial charge in [-0.15, -0.1) is 0 Å². The van der Waals surface area contributed by atoms with Crippen LogP contribution in [-0.4, -0.2) is 30.7 Å². The number of allylic oxidation sites excluding steroid dienone is 1. The van der Waals surface area contributed by atoms with Gasteiger partial charge in [0, 0.05) is 6.54 Å². The molecule has 0 aromatic heterocycles. The summed E-state index contributed by atoms with van der Waals surface area (Å²) in [4.78, 5) is 22.9. The molecule has 20 heavy (non-hydrogen) atoms. The summed E-state index contributed by atoms with van der Waals surface area (Å²) in [6.07, 6.45) is 7.43. The molecule has 1 aliphatic carbocycles. The molecule has 0 heterocycles. The number of hydrogen-bond donors (Lipinski definition) is 2. The van der Waals surface area contributed by atoms with Crippen LogP contribution in [0.5, 0.6) is 0 Å². The van der Waals surface area contributed by atoms with Crippen LogP contribution in [0.3, 0.4) is 0 Å². The molecule has 0 bridgehead atoms. The second-order valence-corrected chi connectivity index (χ2v) is 6.06. The molecule has 0 aromatic carbocycles. The van der Waals surface area contributed by atoms with Gasteiger partial charge >= 0.3 is 6.09 Å². The van der Waals surface area contributed by atoms with E-state index in [0.29, 0.717) is 6.54 Å². The summed E-state index contributed by atoms with van der Waals surface area (Å²) >= 11 is 0. The molecule has 0 atom stereocenters. The number of alkyl carbamates (subject to hydrolysis) is 1. The third kappa shape index (κ3) is 7.81. The highest BCUT2D eigenvalue weighted by molar-refractivity contribution is 5.82. The SMILES string of the molecule is CC(C)(C)OC(=O)NCC(=O)NCCC1=CCCCC1. The highest BCUT2D eigenvalue weighted by Gasteiger charge is 2.16. The molecule has 114 valence electrons. The van der Waals surface area contributed by atoms with E-state index in [1.807, 2.05) is 0 Å². The third-order valence-electron chi connectivity index (χ3n) is 2.95. The van der Waals surface area contributed by atoms with Crippen molar-refractivity contribution in [2.24, 2.45) is 0 Å². The van der Waals surface area contributed by atoms with Crippen LogP contribution in [0.1, 0.15) is 52.9 Å². The zero-order valence-corrected chi connectivity index (χ0v) is 12.8. The number of carbonyl (C=O) groups excluding carboxylic acids is 2. The van der Waals surface area contributed by atoms with E-state index in [1.165, 1.54) is 18.4 Å². The lowest BCUT2D eigenvalue weighted by Gasteiger charge is -2.19. The monoisotopic (exact) mass is 282 g/mol. The van der Waals surface area contributed by atoms with E-state index in [4.69, 9.17) is 4.74 Å². The summed E-state index contributed by atoms with van der Waals surface area (Å²) in [5, 5.41) is 5.24. The Balaban J connectivity index is 2.11. The quantitative estimate of drug-likeness (QED) is 0.761. The van der Waals surface area contributed by atoms with E-state index in [0.717, 1.165) is 19.3 Å². The van der Waals surface area contributed by atoms with Gasteiger partial charge in [-0.3, -0.25) is 4.79 Å². The topological polar surface area (TPSA) is 67.4 Å². The van der Waals surface area contributed by atoms with Gasteiger partial charge < -0.3 is 15.4 Å². The molecule has 2 amide bonds. The van der Waals surface area contributed by atoms with Gasteiger partial charge in [-0.25, -0.2) is 4.79 Å². The van der Waals surface area contributed by atoms with Gasteiger partial charge in [-0.1, -0.05) is 11.6 Å². The maximum absolute atomic E-state index is 11.6. The first-order valence-electron chi connectivity index (χ1n) is 7.28. The summed E-state index contributed by atoms with van der Waals surface area (Å²) in [7, 11) is 0. The van der Waals surface area contributed by atoms with Gasteiger partial charge in [0.15, 0.2) is 0 Å². The molecular formula is C15H26N2O3. The lowest BCUT2D eigenvalue weighted by Crippen LogP contribution is -2.40. The summed E-state index contributed by atoms with van der Waals surface area (Å²) in [6.45, 7) is 5.92. The number of carbonyl (C=O) groups is 2. The van der Waals surface area contributed by atoms with E-state index in [-0.39, 0.29) is 12.5 Å². The van der Waals surface area contributed by atoms with Crippen LogP contribution in [0, 0.1) is 0 Å². The van der Waals surface area contributed by atoms with Crippen molar-refractivity contribution in [3.05, 3.63) is 11.6 Å². The average molecular weight is 282 g/mol. The minimum atomic E-state index is -0.567. The van der Waals surface area contributed by atoms with Crippen LogP contribution in [0.15, 0.2) is 11.6 Å². The molecule has 1 rings (SSSR count). The average Bonchev–Trinajstić information content (AvgIpc) is 2.36. The third-order valence-corrected chi connectivity index (χ3v) is 2.95. The molecule has 1 aliphatic rings. The summed E-state index contributed by atoms with van der Waals surface area (Å²) in [5.74, 6) is -0.188. The Morgan fingerprint density at radius 3 is 2.60 bits per heavy atom. The van der Waals surface area contributed by atoms with Gasteiger partial charge in [0.05, 0.1) is 6.54 Å². The number of nitrogens with one attached hydrogen (secondary N) is 2. The van der Waals surface area contributed by atoms with Crippen LogP contribution in [-0.2, 0) is 9.53 Å². The Bertz CT molecular complexity index is 370. The van der Waals surface area contributed by atoms with Crippen molar-refractivity contribution in [2.75, 3.05) is 13.1 Å². The fourth-order valence-corrected chi connectivity index (χ4v) is 2.02. The predicted molar refractivity (Wildman–Crippen MR) is 78.4 cm³/mol. The maximum atomic E-state index is 11.6. The van der Waals surface area contributed by atoms with Crippen LogP contribution < -0.4 is 10.6 Å². The van der Waals surface area contributed by atoms with Gasteiger partial charge in [-0.05, 0) is 52.9 Å². The molecule has 0 saturated carbocycles. The molecule has 0 unspecified atom stereocenters. The number of ether oxygens (including phenoxy) is 1. The van der Waals surface area contributed by atoms with Crippen molar-refractivity contribution in [1.29, 1.82) is 0 Å². The molecule has 0 aromatic rings. The molecule has 2 N–H and O–H groups in total. The van der Waals surface area contributed by atoms with E-state index >= 15 is 0 Å². The van der Waals surface area contributed by atoms with Crippen LogP contribution in [0.4, 0.5) is 4.79 Å².